The van der Waals surface area contributed by atoms with E-state index in [0.717, 1.165) is 0 Å². The molecule has 0 fully saturated rings. The number of aromatic nitrogens is 1. The molecule has 0 atom stereocenters. The van der Waals surface area contributed by atoms with Gasteiger partial charge in [0.2, 0.25) is 0 Å². The third-order valence-electron chi connectivity index (χ3n) is 3.72. The van der Waals surface area contributed by atoms with E-state index in [1.807, 2.05) is 0 Å². The van der Waals surface area contributed by atoms with Gasteiger partial charge < -0.3 is 4.42 Å². The smallest absolute Gasteiger partial charge is 0.273 e. The SMILES string of the molecule is Cc1cc(C(=O)NNC(=O)c2cc(C)oc2C)c2ccc(F)cc2n1. The van der Waals surface area contributed by atoms with Crippen LogP contribution in [0.5, 0.6) is 0 Å². The lowest BCUT2D eigenvalue weighted by Gasteiger charge is -2.10. The minimum Gasteiger partial charge on any atom is -0.466 e. The summed E-state index contributed by atoms with van der Waals surface area (Å²) in [5.41, 5.74) is 6.30. The number of nitrogens with one attached hydrogen (secondary N) is 2. The molecule has 7 heteroatoms. The minimum absolute atomic E-state index is 0.294. The molecule has 0 aliphatic rings. The lowest BCUT2D eigenvalue weighted by Crippen LogP contribution is -2.41. The van der Waals surface area contributed by atoms with Gasteiger partial charge in [-0.3, -0.25) is 25.4 Å². The molecule has 0 unspecified atom stereocenters. The fraction of sp³-hybridized carbons (Fsp3) is 0.167. The molecule has 0 radical (unpaired) electrons. The van der Waals surface area contributed by atoms with Crippen LogP contribution in [-0.2, 0) is 0 Å². The van der Waals surface area contributed by atoms with Gasteiger partial charge in [-0.15, -0.1) is 0 Å². The number of fused-ring (bicyclic) bond motifs is 1. The first-order valence-electron chi connectivity index (χ1n) is 7.60. The summed E-state index contributed by atoms with van der Waals surface area (Å²) in [6.45, 7) is 5.10. The predicted octanol–water partition coefficient (Wildman–Crippen LogP) is 2.97. The van der Waals surface area contributed by atoms with Crippen LogP contribution in [0.3, 0.4) is 0 Å². The lowest BCUT2D eigenvalue weighted by atomic mass is 10.1. The van der Waals surface area contributed by atoms with Gasteiger partial charge in [-0.25, -0.2) is 4.39 Å². The first-order valence-corrected chi connectivity index (χ1v) is 7.60. The third kappa shape index (κ3) is 3.35. The Balaban J connectivity index is 1.83. The highest BCUT2D eigenvalue weighted by Crippen LogP contribution is 2.19. The standard InChI is InChI=1S/C18H16FN3O3/c1-9-6-15(13-5-4-12(19)8-16(13)20-9)18(24)22-21-17(23)14-7-10(2)25-11(14)3/h4-8H,1-3H3,(H,21,23)(H,22,24). The number of hydrogen-bond donors (Lipinski definition) is 2. The Morgan fingerprint density at radius 1 is 1.00 bits per heavy atom. The molecule has 128 valence electrons. The normalized spacial score (nSPS) is 10.7. The topological polar surface area (TPSA) is 84.2 Å². The quantitative estimate of drug-likeness (QED) is 0.702. The van der Waals surface area contributed by atoms with Crippen LogP contribution in [0.25, 0.3) is 10.9 Å². The number of furan rings is 1. The Morgan fingerprint density at radius 2 is 1.68 bits per heavy atom. The number of amides is 2. The molecule has 3 rings (SSSR count). The lowest BCUT2D eigenvalue weighted by molar-refractivity contribution is 0.0846. The minimum atomic E-state index is -0.520. The summed E-state index contributed by atoms with van der Waals surface area (Å²) in [4.78, 5) is 28.8. The van der Waals surface area contributed by atoms with Crippen molar-refractivity contribution >= 4 is 22.7 Å². The number of hydrazine groups is 1. The average Bonchev–Trinajstić information content (AvgIpc) is 2.89. The Kier molecular flexibility index (Phi) is 4.22. The molecule has 0 bridgehead atoms. The van der Waals surface area contributed by atoms with Gasteiger partial charge in [0.05, 0.1) is 16.6 Å². The van der Waals surface area contributed by atoms with Gasteiger partial charge in [-0.2, -0.15) is 0 Å². The molecule has 1 aromatic carbocycles. The number of carbonyl (C=O) groups is 2. The second-order valence-electron chi connectivity index (χ2n) is 5.71. The zero-order valence-corrected chi connectivity index (χ0v) is 13.9. The molecular weight excluding hydrogens is 325 g/mol. The second kappa shape index (κ2) is 6.35. The number of halogens is 1. The fourth-order valence-electron chi connectivity index (χ4n) is 2.63. The second-order valence-corrected chi connectivity index (χ2v) is 5.71. The van der Waals surface area contributed by atoms with Crippen LogP contribution in [0, 0.1) is 26.6 Å². The van der Waals surface area contributed by atoms with E-state index in [1.54, 1.807) is 32.9 Å². The van der Waals surface area contributed by atoms with Crippen molar-refractivity contribution in [1.82, 2.24) is 15.8 Å². The summed E-state index contributed by atoms with van der Waals surface area (Å²) in [6.07, 6.45) is 0. The summed E-state index contributed by atoms with van der Waals surface area (Å²) in [5.74, 6) is -0.370. The Labute approximate surface area is 143 Å². The molecule has 0 aliphatic carbocycles. The number of pyridine rings is 1. The van der Waals surface area contributed by atoms with E-state index < -0.39 is 17.6 Å². The summed E-state index contributed by atoms with van der Waals surface area (Å²) >= 11 is 0. The number of hydrogen-bond acceptors (Lipinski definition) is 4. The maximum Gasteiger partial charge on any atom is 0.273 e. The highest BCUT2D eigenvalue weighted by Gasteiger charge is 2.16. The van der Waals surface area contributed by atoms with Crippen molar-refractivity contribution in [3.8, 4) is 0 Å². The Bertz CT molecular complexity index is 989. The van der Waals surface area contributed by atoms with Crippen molar-refractivity contribution in [1.29, 1.82) is 0 Å². The summed E-state index contributed by atoms with van der Waals surface area (Å²) < 4.78 is 18.7. The molecule has 0 aliphatic heterocycles. The average molecular weight is 341 g/mol. The molecular formula is C18H16FN3O3. The highest BCUT2D eigenvalue weighted by atomic mass is 19.1. The summed E-state index contributed by atoms with van der Waals surface area (Å²) in [6, 6.07) is 7.17. The van der Waals surface area contributed by atoms with E-state index >= 15 is 0 Å². The van der Waals surface area contributed by atoms with E-state index in [-0.39, 0.29) is 0 Å². The predicted molar refractivity (Wildman–Crippen MR) is 89.6 cm³/mol. The largest absolute Gasteiger partial charge is 0.466 e. The molecule has 2 amide bonds. The summed E-state index contributed by atoms with van der Waals surface area (Å²) in [7, 11) is 0. The van der Waals surface area contributed by atoms with Gasteiger partial charge >= 0.3 is 0 Å². The number of nitrogens with zero attached hydrogens (tertiary/aromatic N) is 1. The van der Waals surface area contributed by atoms with E-state index in [0.29, 0.717) is 39.2 Å². The van der Waals surface area contributed by atoms with Crippen LogP contribution >= 0.6 is 0 Å². The zero-order valence-electron chi connectivity index (χ0n) is 13.9. The fourth-order valence-corrected chi connectivity index (χ4v) is 2.63. The molecule has 25 heavy (non-hydrogen) atoms. The Morgan fingerprint density at radius 3 is 2.32 bits per heavy atom. The van der Waals surface area contributed by atoms with Crippen LogP contribution in [0.15, 0.2) is 34.7 Å². The Hall–Kier alpha value is -3.22. The van der Waals surface area contributed by atoms with Crippen molar-refractivity contribution in [2.24, 2.45) is 0 Å². The van der Waals surface area contributed by atoms with Crippen LogP contribution in [0.4, 0.5) is 4.39 Å². The molecule has 2 heterocycles. The van der Waals surface area contributed by atoms with E-state index in [1.165, 1.54) is 18.2 Å². The van der Waals surface area contributed by atoms with Gasteiger partial charge in [0.15, 0.2) is 0 Å². The monoisotopic (exact) mass is 341 g/mol. The van der Waals surface area contributed by atoms with Gasteiger partial charge in [0.25, 0.3) is 11.8 Å². The number of benzene rings is 1. The number of aryl methyl sites for hydroxylation is 3. The molecule has 0 spiro atoms. The molecule has 6 nitrogen and oxygen atoms in total. The molecule has 0 saturated heterocycles. The zero-order chi connectivity index (χ0) is 18.1. The van der Waals surface area contributed by atoms with Crippen molar-refractivity contribution in [2.45, 2.75) is 20.8 Å². The molecule has 2 aromatic heterocycles. The first-order chi connectivity index (χ1) is 11.8. The first kappa shape index (κ1) is 16.6. The van der Waals surface area contributed by atoms with Gasteiger partial charge in [0, 0.05) is 17.1 Å². The van der Waals surface area contributed by atoms with Gasteiger partial charge in [0.1, 0.15) is 17.3 Å². The van der Waals surface area contributed by atoms with Crippen LogP contribution in [0.1, 0.15) is 37.9 Å². The van der Waals surface area contributed by atoms with Crippen molar-refractivity contribution in [2.75, 3.05) is 0 Å². The molecule has 0 saturated carbocycles. The maximum atomic E-state index is 13.4. The van der Waals surface area contributed by atoms with Crippen molar-refractivity contribution < 1.29 is 18.4 Å². The van der Waals surface area contributed by atoms with E-state index in [9.17, 15) is 14.0 Å². The maximum absolute atomic E-state index is 13.4. The van der Waals surface area contributed by atoms with Crippen molar-refractivity contribution in [3.63, 3.8) is 0 Å². The number of carbonyl (C=O) groups excluding carboxylic acids is 2. The number of rotatable bonds is 2. The van der Waals surface area contributed by atoms with Gasteiger partial charge in [-0.1, -0.05) is 0 Å². The third-order valence-corrected chi connectivity index (χ3v) is 3.72. The molecule has 2 N–H and O–H groups in total. The van der Waals surface area contributed by atoms with Gasteiger partial charge in [-0.05, 0) is 45.0 Å². The van der Waals surface area contributed by atoms with Crippen LogP contribution in [0.2, 0.25) is 0 Å². The molecule has 3 aromatic rings. The van der Waals surface area contributed by atoms with Crippen molar-refractivity contribution in [3.05, 3.63) is 64.5 Å². The van der Waals surface area contributed by atoms with E-state index in [2.05, 4.69) is 15.8 Å². The summed E-state index contributed by atoms with van der Waals surface area (Å²) in [5, 5.41) is 0.495. The van der Waals surface area contributed by atoms with Crippen LogP contribution < -0.4 is 10.9 Å². The van der Waals surface area contributed by atoms with Crippen LogP contribution in [-0.4, -0.2) is 16.8 Å². The van der Waals surface area contributed by atoms with E-state index in [4.69, 9.17) is 4.42 Å². The highest BCUT2D eigenvalue weighted by molar-refractivity contribution is 6.07.